The highest BCUT2D eigenvalue weighted by molar-refractivity contribution is 9.10. The largest absolute Gasteiger partial charge is 0.507 e. The second-order valence-electron chi connectivity index (χ2n) is 4.37. The molecule has 0 aliphatic heterocycles. The molecule has 0 saturated carbocycles. The first-order chi connectivity index (χ1) is 5.82. The molecule has 0 fully saturated rings. The minimum Gasteiger partial charge on any atom is -0.507 e. The zero-order valence-electron chi connectivity index (χ0n) is 8.48. The van der Waals surface area contributed by atoms with Crippen molar-refractivity contribution in [3.8, 4) is 5.75 Å². The number of benzene rings is 1. The summed E-state index contributed by atoms with van der Waals surface area (Å²) >= 11 is 3.43. The Labute approximate surface area is 87.9 Å². The monoisotopic (exact) mass is 242 g/mol. The van der Waals surface area contributed by atoms with Gasteiger partial charge in [-0.2, -0.15) is 0 Å². The van der Waals surface area contributed by atoms with Gasteiger partial charge in [0.05, 0.1) is 0 Å². The molecule has 0 saturated heterocycles. The molecule has 1 aromatic rings. The topological polar surface area (TPSA) is 20.2 Å². The van der Waals surface area contributed by atoms with Gasteiger partial charge in [-0.3, -0.25) is 0 Å². The van der Waals surface area contributed by atoms with Crippen LogP contribution in [0.1, 0.15) is 31.9 Å². The zero-order chi connectivity index (χ0) is 10.2. The summed E-state index contributed by atoms with van der Waals surface area (Å²) in [5.41, 5.74) is 1.89. The summed E-state index contributed by atoms with van der Waals surface area (Å²) in [5.74, 6) is 0.413. The van der Waals surface area contributed by atoms with Gasteiger partial charge >= 0.3 is 0 Å². The normalized spacial score (nSPS) is 11.8. The Hall–Kier alpha value is -0.500. The molecular weight excluding hydrogens is 228 g/mol. The van der Waals surface area contributed by atoms with Gasteiger partial charge < -0.3 is 5.11 Å². The van der Waals surface area contributed by atoms with Gasteiger partial charge in [0.2, 0.25) is 0 Å². The predicted octanol–water partition coefficient (Wildman–Crippen LogP) is 3.76. The molecule has 0 spiro atoms. The minimum absolute atomic E-state index is 0.0153. The first-order valence-electron chi connectivity index (χ1n) is 4.32. The highest BCUT2D eigenvalue weighted by atomic mass is 79.9. The third kappa shape index (κ3) is 2.25. The Morgan fingerprint density at radius 1 is 1.23 bits per heavy atom. The van der Waals surface area contributed by atoms with Gasteiger partial charge in [0.15, 0.2) is 0 Å². The van der Waals surface area contributed by atoms with Crippen molar-refractivity contribution in [2.75, 3.05) is 0 Å². The van der Waals surface area contributed by atoms with Crippen molar-refractivity contribution in [2.24, 2.45) is 0 Å². The SMILES string of the molecule is Cc1cc(Br)cc(C(C)(C)C)c1O. The van der Waals surface area contributed by atoms with Gasteiger partial charge in [-0.1, -0.05) is 36.7 Å². The lowest BCUT2D eigenvalue weighted by atomic mass is 9.85. The lowest BCUT2D eigenvalue weighted by Crippen LogP contribution is -2.11. The Balaban J connectivity index is 3.37. The third-order valence-electron chi connectivity index (χ3n) is 2.07. The van der Waals surface area contributed by atoms with Crippen molar-refractivity contribution in [2.45, 2.75) is 33.1 Å². The van der Waals surface area contributed by atoms with Crippen LogP contribution in [0.2, 0.25) is 0 Å². The van der Waals surface area contributed by atoms with E-state index in [1.807, 2.05) is 19.1 Å². The van der Waals surface area contributed by atoms with E-state index in [2.05, 4.69) is 36.7 Å². The van der Waals surface area contributed by atoms with Crippen molar-refractivity contribution >= 4 is 15.9 Å². The molecule has 0 bridgehead atoms. The standard InChI is InChI=1S/C11H15BrO/c1-7-5-8(12)6-9(10(7)13)11(2,3)4/h5-6,13H,1-4H3. The van der Waals surface area contributed by atoms with Crippen LogP contribution in [-0.2, 0) is 5.41 Å². The molecule has 1 rings (SSSR count). The molecule has 1 aromatic carbocycles. The van der Waals surface area contributed by atoms with Crippen LogP contribution < -0.4 is 0 Å². The summed E-state index contributed by atoms with van der Waals surface area (Å²) in [6.07, 6.45) is 0. The van der Waals surface area contributed by atoms with Gasteiger partial charge in [0.25, 0.3) is 0 Å². The number of rotatable bonds is 0. The van der Waals surface area contributed by atoms with E-state index in [0.29, 0.717) is 5.75 Å². The summed E-state index contributed by atoms with van der Waals surface area (Å²) in [4.78, 5) is 0. The highest BCUT2D eigenvalue weighted by Gasteiger charge is 2.19. The Morgan fingerprint density at radius 3 is 2.23 bits per heavy atom. The summed E-state index contributed by atoms with van der Waals surface area (Å²) in [6.45, 7) is 8.19. The van der Waals surface area contributed by atoms with Crippen molar-refractivity contribution in [1.82, 2.24) is 0 Å². The van der Waals surface area contributed by atoms with Crippen molar-refractivity contribution < 1.29 is 5.11 Å². The molecule has 1 N–H and O–H groups in total. The van der Waals surface area contributed by atoms with Gasteiger partial charge in [0, 0.05) is 10.0 Å². The fourth-order valence-corrected chi connectivity index (χ4v) is 1.88. The lowest BCUT2D eigenvalue weighted by Gasteiger charge is -2.21. The van der Waals surface area contributed by atoms with E-state index in [-0.39, 0.29) is 5.41 Å². The molecule has 0 amide bonds. The maximum Gasteiger partial charge on any atom is 0.122 e. The number of phenols is 1. The molecule has 0 atom stereocenters. The van der Waals surface area contributed by atoms with Crippen LogP contribution >= 0.6 is 15.9 Å². The van der Waals surface area contributed by atoms with Crippen LogP contribution in [0.4, 0.5) is 0 Å². The van der Waals surface area contributed by atoms with Crippen LogP contribution in [0.5, 0.6) is 5.75 Å². The molecule has 0 radical (unpaired) electrons. The average molecular weight is 243 g/mol. The van der Waals surface area contributed by atoms with Gasteiger partial charge in [-0.25, -0.2) is 0 Å². The molecule has 2 heteroatoms. The van der Waals surface area contributed by atoms with E-state index in [0.717, 1.165) is 15.6 Å². The predicted molar refractivity (Wildman–Crippen MR) is 59.2 cm³/mol. The maximum atomic E-state index is 9.84. The molecule has 13 heavy (non-hydrogen) atoms. The molecule has 0 aromatic heterocycles. The quantitative estimate of drug-likeness (QED) is 0.735. The minimum atomic E-state index is -0.0153. The van der Waals surface area contributed by atoms with E-state index in [9.17, 15) is 5.11 Å². The highest BCUT2D eigenvalue weighted by Crippen LogP contribution is 2.35. The fourth-order valence-electron chi connectivity index (χ4n) is 1.31. The lowest BCUT2D eigenvalue weighted by molar-refractivity contribution is 0.442. The van der Waals surface area contributed by atoms with E-state index in [4.69, 9.17) is 0 Å². The fraction of sp³-hybridized carbons (Fsp3) is 0.455. The van der Waals surface area contributed by atoms with Crippen molar-refractivity contribution in [3.05, 3.63) is 27.7 Å². The number of phenolic OH excluding ortho intramolecular Hbond substituents is 1. The molecule has 1 nitrogen and oxygen atoms in total. The van der Waals surface area contributed by atoms with Gasteiger partial charge in [0.1, 0.15) is 5.75 Å². The molecule has 0 heterocycles. The van der Waals surface area contributed by atoms with Crippen molar-refractivity contribution in [1.29, 1.82) is 0 Å². The summed E-state index contributed by atoms with van der Waals surface area (Å²) in [5, 5.41) is 9.84. The third-order valence-corrected chi connectivity index (χ3v) is 2.53. The molecule has 0 aliphatic carbocycles. The molecule has 72 valence electrons. The summed E-state index contributed by atoms with van der Waals surface area (Å²) in [7, 11) is 0. The van der Waals surface area contributed by atoms with Crippen LogP contribution in [0.3, 0.4) is 0 Å². The first kappa shape index (κ1) is 10.6. The average Bonchev–Trinajstić information content (AvgIpc) is 1.94. The van der Waals surface area contributed by atoms with Crippen molar-refractivity contribution in [3.63, 3.8) is 0 Å². The number of aromatic hydroxyl groups is 1. The van der Waals surface area contributed by atoms with E-state index < -0.39 is 0 Å². The van der Waals surface area contributed by atoms with E-state index >= 15 is 0 Å². The van der Waals surface area contributed by atoms with E-state index in [1.54, 1.807) is 0 Å². The smallest absolute Gasteiger partial charge is 0.122 e. The number of halogens is 1. The van der Waals surface area contributed by atoms with Gasteiger partial charge in [-0.05, 0) is 30.0 Å². The number of hydrogen-bond donors (Lipinski definition) is 1. The van der Waals surface area contributed by atoms with Crippen LogP contribution in [0.25, 0.3) is 0 Å². The maximum absolute atomic E-state index is 9.84. The molecular formula is C11H15BrO. The van der Waals surface area contributed by atoms with Crippen LogP contribution in [0, 0.1) is 6.92 Å². The Kier molecular flexibility index (Phi) is 2.71. The second-order valence-corrected chi connectivity index (χ2v) is 5.28. The van der Waals surface area contributed by atoms with Crippen LogP contribution in [-0.4, -0.2) is 5.11 Å². The molecule has 0 unspecified atom stereocenters. The second kappa shape index (κ2) is 3.33. The zero-order valence-corrected chi connectivity index (χ0v) is 10.1. The first-order valence-corrected chi connectivity index (χ1v) is 5.11. The Bertz CT molecular complexity index is 324. The van der Waals surface area contributed by atoms with Crippen LogP contribution in [0.15, 0.2) is 16.6 Å². The molecule has 0 aliphatic rings. The number of aryl methyl sites for hydroxylation is 1. The summed E-state index contributed by atoms with van der Waals surface area (Å²) in [6, 6.07) is 3.90. The Morgan fingerprint density at radius 2 is 1.77 bits per heavy atom. The van der Waals surface area contributed by atoms with E-state index in [1.165, 1.54) is 0 Å². The summed E-state index contributed by atoms with van der Waals surface area (Å²) < 4.78 is 1.02. The number of hydrogen-bond acceptors (Lipinski definition) is 1. The van der Waals surface area contributed by atoms with Gasteiger partial charge in [-0.15, -0.1) is 0 Å².